The Morgan fingerprint density at radius 2 is 2.17 bits per heavy atom. The highest BCUT2D eigenvalue weighted by atomic mass is 16.1. The summed E-state index contributed by atoms with van der Waals surface area (Å²) in [7, 11) is 0. The summed E-state index contributed by atoms with van der Waals surface area (Å²) in [5.74, 6) is 0.639. The van der Waals surface area contributed by atoms with E-state index in [1.54, 1.807) is 17.0 Å². The second kappa shape index (κ2) is 5.15. The van der Waals surface area contributed by atoms with Crippen molar-refractivity contribution >= 4 is 11.6 Å². The summed E-state index contributed by atoms with van der Waals surface area (Å²) in [5, 5.41) is 11.4. The molecule has 0 fully saturated rings. The zero-order valence-corrected chi connectivity index (χ0v) is 9.92. The molecule has 0 saturated carbocycles. The molecule has 0 unspecified atom stereocenters. The van der Waals surface area contributed by atoms with E-state index in [0.29, 0.717) is 0 Å². The number of hydrogen-bond donors (Lipinski definition) is 1. The summed E-state index contributed by atoms with van der Waals surface area (Å²) >= 11 is 0. The molecular formula is C13H12N4O. The minimum atomic E-state index is -0.103. The van der Waals surface area contributed by atoms with E-state index < -0.39 is 0 Å². The van der Waals surface area contributed by atoms with Crippen LogP contribution in [0.3, 0.4) is 0 Å². The lowest BCUT2D eigenvalue weighted by molar-refractivity contribution is -0.114. The van der Waals surface area contributed by atoms with E-state index >= 15 is 0 Å². The first-order valence-corrected chi connectivity index (χ1v) is 5.47. The molecule has 0 aliphatic heterocycles. The van der Waals surface area contributed by atoms with E-state index in [2.05, 4.69) is 16.4 Å². The average molecular weight is 240 g/mol. The van der Waals surface area contributed by atoms with Crippen LogP contribution in [0.4, 0.5) is 5.69 Å². The van der Waals surface area contributed by atoms with Gasteiger partial charge in [0.1, 0.15) is 12.4 Å². The molecule has 0 atom stereocenters. The second-order valence-corrected chi connectivity index (χ2v) is 3.80. The third-order valence-corrected chi connectivity index (χ3v) is 2.42. The number of nitrogens with one attached hydrogen (secondary N) is 1. The number of carbonyl (C=O) groups excluding carboxylic acids is 1. The molecular weight excluding hydrogens is 228 g/mol. The fraction of sp³-hybridized carbons (Fsp3) is 0.154. The molecule has 18 heavy (non-hydrogen) atoms. The van der Waals surface area contributed by atoms with Gasteiger partial charge in [0.2, 0.25) is 5.91 Å². The Morgan fingerprint density at radius 1 is 1.44 bits per heavy atom. The van der Waals surface area contributed by atoms with Crippen LogP contribution in [0.25, 0.3) is 11.4 Å². The smallest absolute Gasteiger partial charge is 0.221 e. The van der Waals surface area contributed by atoms with Gasteiger partial charge in [-0.2, -0.15) is 5.26 Å². The highest BCUT2D eigenvalue weighted by molar-refractivity contribution is 5.88. The van der Waals surface area contributed by atoms with Crippen molar-refractivity contribution < 1.29 is 4.79 Å². The van der Waals surface area contributed by atoms with Gasteiger partial charge in [-0.25, -0.2) is 4.98 Å². The van der Waals surface area contributed by atoms with Crippen LogP contribution >= 0.6 is 0 Å². The van der Waals surface area contributed by atoms with E-state index in [0.717, 1.165) is 17.1 Å². The number of rotatable bonds is 3. The molecule has 0 radical (unpaired) electrons. The van der Waals surface area contributed by atoms with Crippen LogP contribution in [0.2, 0.25) is 0 Å². The van der Waals surface area contributed by atoms with Crippen molar-refractivity contribution in [1.29, 1.82) is 5.26 Å². The number of nitriles is 1. The van der Waals surface area contributed by atoms with Crippen LogP contribution in [-0.2, 0) is 11.3 Å². The lowest BCUT2D eigenvalue weighted by Crippen LogP contribution is -2.05. The Morgan fingerprint density at radius 3 is 2.78 bits per heavy atom. The van der Waals surface area contributed by atoms with Crippen LogP contribution in [0.15, 0.2) is 36.7 Å². The average Bonchev–Trinajstić information content (AvgIpc) is 2.78. The zero-order chi connectivity index (χ0) is 13.0. The molecule has 2 rings (SSSR count). The van der Waals surface area contributed by atoms with Crippen molar-refractivity contribution in [2.75, 3.05) is 5.32 Å². The molecule has 1 aromatic heterocycles. The van der Waals surface area contributed by atoms with Crippen molar-refractivity contribution in [2.24, 2.45) is 0 Å². The molecule has 0 aliphatic rings. The van der Waals surface area contributed by atoms with Crippen LogP contribution in [0, 0.1) is 11.3 Å². The van der Waals surface area contributed by atoms with Gasteiger partial charge < -0.3 is 9.88 Å². The van der Waals surface area contributed by atoms with Crippen LogP contribution in [-0.4, -0.2) is 15.5 Å². The van der Waals surface area contributed by atoms with E-state index in [9.17, 15) is 4.79 Å². The van der Waals surface area contributed by atoms with Gasteiger partial charge in [-0.05, 0) is 24.3 Å². The molecule has 90 valence electrons. The largest absolute Gasteiger partial charge is 0.326 e. The topological polar surface area (TPSA) is 70.7 Å². The Bertz CT molecular complexity index is 592. The summed E-state index contributed by atoms with van der Waals surface area (Å²) in [5.41, 5.74) is 1.65. The van der Waals surface area contributed by atoms with Gasteiger partial charge in [0.15, 0.2) is 0 Å². The lowest BCUT2D eigenvalue weighted by Gasteiger charge is -2.05. The zero-order valence-electron chi connectivity index (χ0n) is 9.92. The van der Waals surface area contributed by atoms with Gasteiger partial charge in [0, 0.05) is 30.6 Å². The van der Waals surface area contributed by atoms with Gasteiger partial charge in [-0.3, -0.25) is 4.79 Å². The Kier molecular flexibility index (Phi) is 3.39. The molecule has 0 saturated heterocycles. The molecule has 2 aromatic rings. The first-order chi connectivity index (χ1) is 8.70. The van der Waals surface area contributed by atoms with E-state index in [4.69, 9.17) is 5.26 Å². The normalized spacial score (nSPS) is 9.78. The second-order valence-electron chi connectivity index (χ2n) is 3.80. The summed E-state index contributed by atoms with van der Waals surface area (Å²) in [6.07, 6.45) is 3.43. The van der Waals surface area contributed by atoms with Crippen LogP contribution in [0.1, 0.15) is 6.92 Å². The molecule has 1 amide bonds. The fourth-order valence-corrected chi connectivity index (χ4v) is 1.68. The summed E-state index contributed by atoms with van der Waals surface area (Å²) < 4.78 is 1.77. The van der Waals surface area contributed by atoms with Gasteiger partial charge >= 0.3 is 0 Å². The number of aromatic nitrogens is 2. The van der Waals surface area contributed by atoms with Crippen molar-refractivity contribution in [3.8, 4) is 17.5 Å². The molecule has 1 N–H and O–H groups in total. The number of amides is 1. The first-order valence-electron chi connectivity index (χ1n) is 5.47. The molecule has 1 heterocycles. The van der Waals surface area contributed by atoms with Gasteiger partial charge in [-0.1, -0.05) is 0 Å². The van der Waals surface area contributed by atoms with Crippen molar-refractivity contribution in [3.05, 3.63) is 36.7 Å². The monoisotopic (exact) mass is 240 g/mol. The Labute approximate surface area is 105 Å². The quantitative estimate of drug-likeness (QED) is 0.892. The molecule has 0 aliphatic carbocycles. The predicted molar refractivity (Wildman–Crippen MR) is 67.6 cm³/mol. The fourth-order valence-electron chi connectivity index (χ4n) is 1.68. The molecule has 1 aromatic carbocycles. The number of hydrogen-bond acceptors (Lipinski definition) is 3. The minimum absolute atomic E-state index is 0.103. The highest BCUT2D eigenvalue weighted by Gasteiger charge is 2.05. The van der Waals surface area contributed by atoms with E-state index in [1.165, 1.54) is 6.92 Å². The maximum absolute atomic E-state index is 10.9. The van der Waals surface area contributed by atoms with Gasteiger partial charge in [0.05, 0.1) is 6.07 Å². The summed E-state index contributed by atoms with van der Waals surface area (Å²) in [6, 6.07) is 9.42. The predicted octanol–water partition coefficient (Wildman–Crippen LogP) is 2.03. The van der Waals surface area contributed by atoms with Crippen molar-refractivity contribution in [2.45, 2.75) is 13.5 Å². The van der Waals surface area contributed by atoms with Crippen LogP contribution in [0.5, 0.6) is 0 Å². The minimum Gasteiger partial charge on any atom is -0.326 e. The first kappa shape index (κ1) is 11.9. The number of nitrogens with zero attached hydrogens (tertiary/aromatic N) is 3. The van der Waals surface area contributed by atoms with Crippen molar-refractivity contribution in [3.63, 3.8) is 0 Å². The molecule has 0 spiro atoms. The number of carbonyl (C=O) groups is 1. The number of imidazole rings is 1. The SMILES string of the molecule is CC(=O)Nc1ccc(-c2nccn2CC#N)cc1. The van der Waals surface area contributed by atoms with Crippen molar-refractivity contribution in [1.82, 2.24) is 9.55 Å². The molecule has 5 heteroatoms. The number of benzene rings is 1. The molecule has 0 bridgehead atoms. The van der Waals surface area contributed by atoms with Crippen LogP contribution < -0.4 is 5.32 Å². The van der Waals surface area contributed by atoms with E-state index in [1.807, 2.05) is 24.3 Å². The Balaban J connectivity index is 2.26. The maximum atomic E-state index is 10.9. The Hall–Kier alpha value is -2.61. The number of anilines is 1. The third-order valence-electron chi connectivity index (χ3n) is 2.42. The van der Waals surface area contributed by atoms with Gasteiger partial charge in [0.25, 0.3) is 0 Å². The summed E-state index contributed by atoms with van der Waals surface area (Å²) in [4.78, 5) is 15.1. The summed E-state index contributed by atoms with van der Waals surface area (Å²) in [6.45, 7) is 1.73. The maximum Gasteiger partial charge on any atom is 0.221 e. The molecule has 5 nitrogen and oxygen atoms in total. The lowest BCUT2D eigenvalue weighted by atomic mass is 10.2. The third kappa shape index (κ3) is 2.55. The van der Waals surface area contributed by atoms with E-state index in [-0.39, 0.29) is 12.5 Å². The highest BCUT2D eigenvalue weighted by Crippen LogP contribution is 2.19. The van der Waals surface area contributed by atoms with Gasteiger partial charge in [-0.15, -0.1) is 0 Å². The standard InChI is InChI=1S/C13H12N4O/c1-10(18)16-12-4-2-11(3-5-12)13-15-7-9-17(13)8-6-14/h2-5,7,9H,8H2,1H3,(H,16,18).